The summed E-state index contributed by atoms with van der Waals surface area (Å²) in [5.74, 6) is 1.57. The summed E-state index contributed by atoms with van der Waals surface area (Å²) in [4.78, 5) is 21.6. The molecule has 40 heavy (non-hydrogen) atoms. The number of aliphatic hydroxyl groups is 1. The van der Waals surface area contributed by atoms with Crippen LogP contribution < -0.4 is 19.5 Å². The van der Waals surface area contributed by atoms with Crippen LogP contribution in [0.5, 0.6) is 17.2 Å². The number of fused-ring (bicyclic) bond motifs is 2. The van der Waals surface area contributed by atoms with Gasteiger partial charge >= 0.3 is 0 Å². The largest absolute Gasteiger partial charge is 0.497 e. The number of hydrogen-bond donors (Lipinski definition) is 3. The van der Waals surface area contributed by atoms with Crippen LogP contribution in [0.15, 0.2) is 72.9 Å². The molecule has 1 amide bonds. The molecule has 1 atom stereocenters. The molecule has 204 valence electrons. The molecule has 0 radical (unpaired) electrons. The Balaban J connectivity index is 1.46. The van der Waals surface area contributed by atoms with E-state index in [9.17, 15) is 9.90 Å². The number of amides is 1. The fourth-order valence-electron chi connectivity index (χ4n) is 4.75. The molecule has 0 saturated heterocycles. The molecule has 0 aliphatic rings. The number of nitrogens with one attached hydrogen (secondary N) is 2. The maximum atomic E-state index is 13.6. The van der Waals surface area contributed by atoms with Crippen molar-refractivity contribution in [1.82, 2.24) is 15.3 Å². The van der Waals surface area contributed by atoms with Crippen molar-refractivity contribution in [2.24, 2.45) is 0 Å². The highest BCUT2D eigenvalue weighted by atomic mass is 16.5. The van der Waals surface area contributed by atoms with E-state index in [1.165, 1.54) is 0 Å². The third-order valence-corrected chi connectivity index (χ3v) is 6.83. The van der Waals surface area contributed by atoms with Gasteiger partial charge in [0.05, 0.1) is 50.8 Å². The zero-order valence-corrected chi connectivity index (χ0v) is 22.6. The van der Waals surface area contributed by atoms with Crippen LogP contribution in [0.4, 0.5) is 0 Å². The van der Waals surface area contributed by atoms with Crippen molar-refractivity contribution in [2.45, 2.75) is 12.5 Å². The first-order valence-corrected chi connectivity index (χ1v) is 12.9. The Kier molecular flexibility index (Phi) is 7.98. The van der Waals surface area contributed by atoms with Gasteiger partial charge in [0.25, 0.3) is 5.91 Å². The van der Waals surface area contributed by atoms with Crippen LogP contribution in [-0.2, 0) is 6.42 Å². The van der Waals surface area contributed by atoms with Gasteiger partial charge in [0, 0.05) is 22.5 Å². The summed E-state index contributed by atoms with van der Waals surface area (Å²) >= 11 is 0. The van der Waals surface area contributed by atoms with Gasteiger partial charge in [0.1, 0.15) is 5.75 Å². The van der Waals surface area contributed by atoms with E-state index in [4.69, 9.17) is 19.2 Å². The molecule has 3 N–H and O–H groups in total. The van der Waals surface area contributed by atoms with Gasteiger partial charge in [-0.25, -0.2) is 4.98 Å². The number of aromatic amines is 1. The van der Waals surface area contributed by atoms with Gasteiger partial charge in [-0.05, 0) is 66.1 Å². The minimum absolute atomic E-state index is 0.205. The molecule has 2 heterocycles. The number of nitrogens with zero attached hydrogens (tertiary/aromatic N) is 1. The number of ether oxygens (including phenoxy) is 3. The van der Waals surface area contributed by atoms with E-state index in [0.29, 0.717) is 45.8 Å². The molecule has 0 spiro atoms. The molecule has 8 nitrogen and oxygen atoms in total. The molecular weight excluding hydrogens is 506 g/mol. The maximum Gasteiger partial charge on any atom is 0.252 e. The first-order valence-electron chi connectivity index (χ1n) is 12.9. The topological polar surface area (TPSA) is 106 Å². The van der Waals surface area contributed by atoms with Gasteiger partial charge in [-0.15, -0.1) is 0 Å². The van der Waals surface area contributed by atoms with Crippen molar-refractivity contribution in [3.8, 4) is 17.2 Å². The van der Waals surface area contributed by atoms with Crippen LogP contribution in [0, 0.1) is 0 Å². The number of aromatic nitrogens is 2. The second-order valence-electron chi connectivity index (χ2n) is 9.34. The van der Waals surface area contributed by atoms with Gasteiger partial charge in [-0.3, -0.25) is 4.79 Å². The first-order chi connectivity index (χ1) is 19.5. The fourth-order valence-corrected chi connectivity index (χ4v) is 4.75. The zero-order chi connectivity index (χ0) is 28.1. The Morgan fingerprint density at radius 2 is 1.77 bits per heavy atom. The van der Waals surface area contributed by atoms with Crippen molar-refractivity contribution >= 4 is 39.9 Å². The number of aliphatic hydroxyl groups excluding tert-OH is 1. The summed E-state index contributed by atoms with van der Waals surface area (Å²) in [5.41, 5.74) is 4.62. The van der Waals surface area contributed by atoms with Gasteiger partial charge in [-0.2, -0.15) is 0 Å². The van der Waals surface area contributed by atoms with Crippen LogP contribution in [0.1, 0.15) is 27.2 Å². The molecule has 0 aliphatic carbocycles. The number of pyridine rings is 1. The van der Waals surface area contributed by atoms with Crippen LogP contribution in [-0.4, -0.2) is 55.0 Å². The highest BCUT2D eigenvalue weighted by Gasteiger charge is 2.19. The zero-order valence-electron chi connectivity index (χ0n) is 22.6. The minimum Gasteiger partial charge on any atom is -0.497 e. The molecular formula is C32H31N3O5. The molecule has 0 fully saturated rings. The normalized spacial score (nSPS) is 12.1. The van der Waals surface area contributed by atoms with E-state index < -0.39 is 6.04 Å². The standard InChI is InChI=1S/C32H31N3O5/c1-38-24-11-12-29-26(17-24)27(16-22(34-29)10-8-20-9-13-30(39-2)31(14-20)40-3)32(37)35-23(19-36)15-21-18-33-28-7-5-4-6-25(21)28/h4-14,16-18,23,33,36H,15,19H2,1-3H3,(H,35,37)/b10-8-/t23-/m1/s1. The number of benzene rings is 3. The van der Waals surface area contributed by atoms with E-state index in [2.05, 4.69) is 10.3 Å². The molecule has 0 saturated carbocycles. The average Bonchev–Trinajstić information content (AvgIpc) is 3.41. The highest BCUT2D eigenvalue weighted by Crippen LogP contribution is 2.29. The molecule has 3 aromatic carbocycles. The molecule has 2 aromatic heterocycles. The lowest BCUT2D eigenvalue weighted by molar-refractivity contribution is 0.0918. The van der Waals surface area contributed by atoms with Gasteiger partial charge in [-0.1, -0.05) is 30.3 Å². The van der Waals surface area contributed by atoms with E-state index in [-0.39, 0.29) is 12.5 Å². The van der Waals surface area contributed by atoms with Crippen molar-refractivity contribution in [2.75, 3.05) is 27.9 Å². The molecule has 0 unspecified atom stereocenters. The summed E-state index contributed by atoms with van der Waals surface area (Å²) in [6.45, 7) is -0.205. The lowest BCUT2D eigenvalue weighted by atomic mass is 10.0. The lowest BCUT2D eigenvalue weighted by Gasteiger charge is -2.17. The Morgan fingerprint density at radius 3 is 2.55 bits per heavy atom. The highest BCUT2D eigenvalue weighted by molar-refractivity contribution is 6.07. The second kappa shape index (κ2) is 11.9. The minimum atomic E-state index is -0.480. The quantitative estimate of drug-likeness (QED) is 0.225. The van der Waals surface area contributed by atoms with Crippen molar-refractivity contribution in [3.63, 3.8) is 0 Å². The van der Waals surface area contributed by atoms with Crippen LogP contribution in [0.2, 0.25) is 0 Å². The van der Waals surface area contributed by atoms with Gasteiger partial charge in [0.2, 0.25) is 0 Å². The SMILES string of the molecule is COc1ccc2nc(/C=C\c3ccc(OC)c(OC)c3)cc(C(=O)N[C@@H](CO)Cc3c[nH]c4ccccc34)c2c1. The molecule has 0 aliphatic heterocycles. The number of para-hydroxylation sites is 1. The smallest absolute Gasteiger partial charge is 0.252 e. The third-order valence-electron chi connectivity index (χ3n) is 6.83. The van der Waals surface area contributed by atoms with Crippen molar-refractivity contribution < 1.29 is 24.1 Å². The maximum absolute atomic E-state index is 13.6. The molecule has 0 bridgehead atoms. The van der Waals surface area contributed by atoms with E-state index in [1.54, 1.807) is 33.5 Å². The summed E-state index contributed by atoms with van der Waals surface area (Å²) < 4.78 is 16.1. The van der Waals surface area contributed by atoms with Crippen LogP contribution >= 0.6 is 0 Å². The Labute approximate surface area is 232 Å². The summed E-state index contributed by atoms with van der Waals surface area (Å²) in [6, 6.07) is 20.3. The lowest BCUT2D eigenvalue weighted by Crippen LogP contribution is -2.39. The first kappa shape index (κ1) is 26.8. The monoisotopic (exact) mass is 537 g/mol. The fraction of sp³-hybridized carbons (Fsp3) is 0.188. The third kappa shape index (κ3) is 5.62. The van der Waals surface area contributed by atoms with Crippen molar-refractivity contribution in [3.05, 3.63) is 95.3 Å². The predicted octanol–water partition coefficient (Wildman–Crippen LogP) is 5.25. The number of methoxy groups -OCH3 is 3. The number of H-pyrrole nitrogens is 1. The Hall–Kier alpha value is -4.82. The van der Waals surface area contributed by atoms with Crippen molar-refractivity contribution in [1.29, 1.82) is 0 Å². The van der Waals surface area contributed by atoms with E-state index in [0.717, 1.165) is 22.0 Å². The van der Waals surface area contributed by atoms with Gasteiger partial charge < -0.3 is 29.6 Å². The number of hydrogen-bond acceptors (Lipinski definition) is 6. The summed E-state index contributed by atoms with van der Waals surface area (Å²) in [6.07, 6.45) is 6.14. The van der Waals surface area contributed by atoms with Crippen LogP contribution in [0.3, 0.4) is 0 Å². The molecule has 8 heteroatoms. The Morgan fingerprint density at radius 1 is 0.950 bits per heavy atom. The summed E-state index contributed by atoms with van der Waals surface area (Å²) in [5, 5.41) is 14.9. The van der Waals surface area contributed by atoms with E-state index >= 15 is 0 Å². The van der Waals surface area contributed by atoms with Crippen LogP contribution in [0.25, 0.3) is 34.0 Å². The summed E-state index contributed by atoms with van der Waals surface area (Å²) in [7, 11) is 4.76. The number of carbonyl (C=O) groups is 1. The Bertz CT molecular complexity index is 1690. The van der Waals surface area contributed by atoms with Gasteiger partial charge in [0.15, 0.2) is 11.5 Å². The average molecular weight is 538 g/mol. The number of carbonyl (C=O) groups excluding carboxylic acids is 1. The van der Waals surface area contributed by atoms with E-state index in [1.807, 2.05) is 72.9 Å². The molecule has 5 rings (SSSR count). The number of rotatable bonds is 10. The predicted molar refractivity (Wildman–Crippen MR) is 157 cm³/mol. The second-order valence-corrected chi connectivity index (χ2v) is 9.34. The molecule has 5 aromatic rings.